The molecule has 0 aliphatic carbocycles. The summed E-state index contributed by atoms with van der Waals surface area (Å²) < 4.78 is -0.156. The number of aromatic nitrogens is 2. The second kappa shape index (κ2) is 6.55. The van der Waals surface area contributed by atoms with Crippen LogP contribution in [0.15, 0.2) is 24.5 Å². The highest BCUT2D eigenvalue weighted by atomic mass is 32.3. The normalized spacial score (nSPS) is 29.3. The third-order valence-electron chi connectivity index (χ3n) is 5.83. The Kier molecular flexibility index (Phi) is 4.70. The highest BCUT2D eigenvalue weighted by Gasteiger charge is 2.63. The van der Waals surface area contributed by atoms with E-state index in [-0.39, 0.29) is 16.6 Å². The molecule has 3 rings (SSSR count). The number of rotatable bonds is 5. The first-order valence-corrected chi connectivity index (χ1v) is 11.0. The van der Waals surface area contributed by atoms with E-state index >= 15 is 0 Å². The fourth-order valence-electron chi connectivity index (χ4n) is 4.28. The molecule has 3 heterocycles. The summed E-state index contributed by atoms with van der Waals surface area (Å²) in [7, 11) is -1.32. The van der Waals surface area contributed by atoms with Gasteiger partial charge in [0.05, 0.1) is 28.2 Å². The Labute approximate surface area is 156 Å². The van der Waals surface area contributed by atoms with E-state index in [4.69, 9.17) is 16.1 Å². The second-order valence-corrected chi connectivity index (χ2v) is 11.5. The van der Waals surface area contributed by atoms with Crippen molar-refractivity contribution in [3.63, 3.8) is 0 Å². The van der Waals surface area contributed by atoms with Crippen molar-refractivity contribution in [3.05, 3.63) is 35.8 Å². The minimum atomic E-state index is -1.32. The Balaban J connectivity index is 2.19. The summed E-state index contributed by atoms with van der Waals surface area (Å²) in [4.78, 5) is 9.31. The molecule has 26 heavy (non-hydrogen) atoms. The van der Waals surface area contributed by atoms with Gasteiger partial charge in [0.2, 0.25) is 0 Å². The highest BCUT2D eigenvalue weighted by molar-refractivity contribution is 8.51. The number of amidine groups is 1. The minimum absolute atomic E-state index is 0.0205. The Morgan fingerprint density at radius 3 is 2.77 bits per heavy atom. The molecule has 6 heteroatoms. The summed E-state index contributed by atoms with van der Waals surface area (Å²) in [6, 6.07) is 6.40. The molecule has 0 spiro atoms. The van der Waals surface area contributed by atoms with Crippen molar-refractivity contribution < 1.29 is 0 Å². The molecule has 0 amide bonds. The van der Waals surface area contributed by atoms with Gasteiger partial charge in [-0.1, -0.05) is 19.9 Å². The van der Waals surface area contributed by atoms with E-state index in [1.54, 1.807) is 6.20 Å². The molecular weight excluding hydrogens is 342 g/mol. The van der Waals surface area contributed by atoms with Crippen molar-refractivity contribution in [2.45, 2.75) is 44.8 Å². The molecule has 4 atom stereocenters. The van der Waals surface area contributed by atoms with Crippen molar-refractivity contribution in [1.29, 1.82) is 10.7 Å². The van der Waals surface area contributed by atoms with Crippen molar-refractivity contribution in [2.75, 3.05) is 11.5 Å². The predicted molar refractivity (Wildman–Crippen MR) is 110 cm³/mol. The van der Waals surface area contributed by atoms with E-state index in [9.17, 15) is 5.26 Å². The van der Waals surface area contributed by atoms with E-state index in [2.05, 4.69) is 37.9 Å². The van der Waals surface area contributed by atoms with Crippen LogP contribution >= 0.6 is 10.0 Å². The summed E-state index contributed by atoms with van der Waals surface area (Å²) in [6.45, 7) is 8.47. The summed E-state index contributed by atoms with van der Waals surface area (Å²) in [6.07, 6.45) is 4.41. The molecular formula is C20H27N5S. The summed E-state index contributed by atoms with van der Waals surface area (Å²) in [5, 5.41) is 18.9. The van der Waals surface area contributed by atoms with Crippen LogP contribution in [0.1, 0.15) is 51.3 Å². The van der Waals surface area contributed by atoms with Crippen LogP contribution in [0.3, 0.4) is 0 Å². The molecule has 3 N–H and O–H groups in total. The van der Waals surface area contributed by atoms with E-state index in [0.717, 1.165) is 34.5 Å². The average molecular weight is 370 g/mol. The van der Waals surface area contributed by atoms with Crippen LogP contribution in [0.25, 0.3) is 10.9 Å². The fraction of sp³-hybridized carbons (Fsp3) is 0.500. The molecule has 0 bridgehead atoms. The molecule has 1 aliphatic rings. The standard InChI is InChI=1S/C20H27N5S/c1-5-26(19(22)23)12-20(26,4)18-17(14(3)9-13(2)10-21)15-7-6-8-24-16(15)11-25-18/h6-8,11,13-14H,5,9,12H2,1-4H3,(H3,22,23). The van der Waals surface area contributed by atoms with E-state index in [1.165, 1.54) is 5.56 Å². The quantitative estimate of drug-likeness (QED) is 0.468. The topological polar surface area (TPSA) is 99.4 Å². The van der Waals surface area contributed by atoms with Crippen molar-refractivity contribution in [3.8, 4) is 6.07 Å². The van der Waals surface area contributed by atoms with Crippen LogP contribution in [-0.4, -0.2) is 26.6 Å². The van der Waals surface area contributed by atoms with Gasteiger partial charge in [-0.3, -0.25) is 15.4 Å². The van der Waals surface area contributed by atoms with Gasteiger partial charge in [0.1, 0.15) is 5.17 Å². The van der Waals surface area contributed by atoms with Gasteiger partial charge in [-0.05, 0) is 43.6 Å². The summed E-state index contributed by atoms with van der Waals surface area (Å²) in [5.41, 5.74) is 9.16. The molecule has 1 fully saturated rings. The first-order chi connectivity index (χ1) is 12.3. The largest absolute Gasteiger partial charge is 0.380 e. The maximum Gasteiger partial charge on any atom is 0.134 e. The molecule has 5 nitrogen and oxygen atoms in total. The summed E-state index contributed by atoms with van der Waals surface area (Å²) in [5.74, 6) is 2.01. The average Bonchev–Trinajstić information content (AvgIpc) is 3.28. The molecule has 138 valence electrons. The molecule has 4 unspecified atom stereocenters. The lowest BCUT2D eigenvalue weighted by atomic mass is 9.86. The van der Waals surface area contributed by atoms with Gasteiger partial charge < -0.3 is 5.73 Å². The van der Waals surface area contributed by atoms with Gasteiger partial charge in [0, 0.05) is 23.3 Å². The molecule has 0 aromatic carbocycles. The number of hydrogen-bond donors (Lipinski definition) is 2. The Morgan fingerprint density at radius 2 is 2.19 bits per heavy atom. The van der Waals surface area contributed by atoms with E-state index in [1.807, 2.05) is 19.2 Å². The van der Waals surface area contributed by atoms with Crippen LogP contribution in [0.5, 0.6) is 0 Å². The van der Waals surface area contributed by atoms with Gasteiger partial charge in [-0.2, -0.15) is 15.3 Å². The first-order valence-electron chi connectivity index (χ1n) is 9.06. The van der Waals surface area contributed by atoms with Gasteiger partial charge in [0.15, 0.2) is 0 Å². The van der Waals surface area contributed by atoms with Crippen LogP contribution in [0.2, 0.25) is 0 Å². The second-order valence-electron chi connectivity index (χ2n) is 7.54. The first kappa shape index (κ1) is 18.7. The van der Waals surface area contributed by atoms with Crippen LogP contribution < -0.4 is 5.73 Å². The number of nitrogens with zero attached hydrogens (tertiary/aromatic N) is 3. The minimum Gasteiger partial charge on any atom is -0.380 e. The molecule has 0 radical (unpaired) electrons. The maximum atomic E-state index is 9.26. The summed E-state index contributed by atoms with van der Waals surface area (Å²) >= 11 is 0. The van der Waals surface area contributed by atoms with Crippen LogP contribution in [0, 0.1) is 22.7 Å². The lowest BCUT2D eigenvalue weighted by molar-refractivity contribution is 0.571. The Morgan fingerprint density at radius 1 is 1.46 bits per heavy atom. The van der Waals surface area contributed by atoms with Gasteiger partial charge in [-0.25, -0.2) is 0 Å². The van der Waals surface area contributed by atoms with Crippen LogP contribution in [0.4, 0.5) is 0 Å². The lowest BCUT2D eigenvalue weighted by Gasteiger charge is -2.28. The van der Waals surface area contributed by atoms with E-state index < -0.39 is 10.0 Å². The van der Waals surface area contributed by atoms with Crippen molar-refractivity contribution in [1.82, 2.24) is 9.97 Å². The Hall–Kier alpha value is -2.13. The number of nitrogens with two attached hydrogens (primary N) is 1. The lowest BCUT2D eigenvalue weighted by Crippen LogP contribution is -2.21. The SMILES string of the molecule is CCS1(C(=N)N)CC1(C)c1ncc2ncccc2c1C(C)CC(C)C#N. The van der Waals surface area contributed by atoms with Gasteiger partial charge >= 0.3 is 0 Å². The number of fused-ring (bicyclic) bond motifs is 1. The van der Waals surface area contributed by atoms with Gasteiger partial charge in [0.25, 0.3) is 0 Å². The van der Waals surface area contributed by atoms with Crippen LogP contribution in [-0.2, 0) is 4.75 Å². The van der Waals surface area contributed by atoms with Gasteiger partial charge in [-0.15, -0.1) is 0 Å². The van der Waals surface area contributed by atoms with Crippen molar-refractivity contribution in [2.24, 2.45) is 11.7 Å². The number of hydrogen-bond acceptors (Lipinski definition) is 4. The molecule has 2 aromatic rings. The predicted octanol–water partition coefficient (Wildman–Crippen LogP) is 4.23. The third kappa shape index (κ3) is 2.66. The zero-order valence-electron chi connectivity index (χ0n) is 15.9. The monoisotopic (exact) mass is 369 g/mol. The van der Waals surface area contributed by atoms with E-state index in [0.29, 0.717) is 5.17 Å². The third-order valence-corrected chi connectivity index (χ3v) is 10.4. The maximum absolute atomic E-state index is 9.26. The molecule has 1 aliphatic heterocycles. The zero-order valence-corrected chi connectivity index (χ0v) is 16.7. The number of nitriles is 1. The Bertz CT molecular complexity index is 905. The molecule has 2 aromatic heterocycles. The molecule has 1 saturated heterocycles. The number of nitrogens with one attached hydrogen (secondary N) is 1. The smallest absolute Gasteiger partial charge is 0.134 e. The van der Waals surface area contributed by atoms with Crippen molar-refractivity contribution >= 4 is 26.1 Å². The molecule has 0 saturated carbocycles. The zero-order chi connectivity index (χ0) is 19.1. The number of pyridine rings is 2. The highest BCUT2D eigenvalue weighted by Crippen LogP contribution is 2.80. The fourth-order valence-corrected chi connectivity index (χ4v) is 8.05.